The monoisotopic (exact) mass is 382 g/mol. The molecular weight excluding hydrogens is 348 g/mol. The van der Waals surface area contributed by atoms with E-state index < -0.39 is 5.79 Å². The number of carbonyl (C=O) groups is 1. The van der Waals surface area contributed by atoms with Crippen LogP contribution in [0.4, 0.5) is 0 Å². The summed E-state index contributed by atoms with van der Waals surface area (Å²) in [6.07, 6.45) is 6.67. The number of carbonyl (C=O) groups excluding carboxylic acids is 1. The van der Waals surface area contributed by atoms with E-state index in [4.69, 9.17) is 24.1 Å². The molecular formula is C21H34O6. The molecule has 0 unspecified atom stereocenters. The van der Waals surface area contributed by atoms with Crippen molar-refractivity contribution in [1.82, 2.24) is 0 Å². The Bertz CT molecular complexity index is 553. The molecule has 0 aromatic heterocycles. The first-order chi connectivity index (χ1) is 12.8. The van der Waals surface area contributed by atoms with Crippen LogP contribution in [0.25, 0.3) is 0 Å². The van der Waals surface area contributed by atoms with Crippen LogP contribution in [0, 0.1) is 11.8 Å². The summed E-state index contributed by atoms with van der Waals surface area (Å²) in [4.78, 5) is 11.7. The Balaban J connectivity index is 2.03. The Kier molecular flexibility index (Phi) is 8.04. The summed E-state index contributed by atoms with van der Waals surface area (Å²) >= 11 is 0. The van der Waals surface area contributed by atoms with E-state index in [0.717, 1.165) is 12.0 Å². The molecule has 1 N–H and O–H groups in total. The second kappa shape index (κ2) is 9.82. The largest absolute Gasteiger partial charge is 0.463 e. The van der Waals surface area contributed by atoms with Crippen molar-refractivity contribution in [3.05, 3.63) is 23.8 Å². The molecule has 0 aromatic rings. The summed E-state index contributed by atoms with van der Waals surface area (Å²) in [6.45, 7) is 10.6. The highest BCUT2D eigenvalue weighted by Crippen LogP contribution is 2.40. The van der Waals surface area contributed by atoms with Gasteiger partial charge in [0.2, 0.25) is 0 Å². The highest BCUT2D eigenvalue weighted by Gasteiger charge is 2.51. The molecule has 2 aliphatic rings. The van der Waals surface area contributed by atoms with Crippen molar-refractivity contribution in [3.8, 4) is 0 Å². The lowest BCUT2D eigenvalue weighted by atomic mass is 9.87. The van der Waals surface area contributed by atoms with E-state index >= 15 is 0 Å². The first-order valence-corrected chi connectivity index (χ1v) is 9.84. The van der Waals surface area contributed by atoms with E-state index in [1.165, 1.54) is 6.08 Å². The molecule has 0 aromatic carbocycles. The number of aliphatic hydroxyl groups is 1. The summed E-state index contributed by atoms with van der Waals surface area (Å²) in [5, 5.41) is 9.15. The summed E-state index contributed by atoms with van der Waals surface area (Å²) in [5.41, 5.74) is 0.903. The number of fused-ring (bicyclic) bond motifs is 1. The van der Waals surface area contributed by atoms with Gasteiger partial charge in [-0.3, -0.25) is 0 Å². The first-order valence-electron chi connectivity index (χ1n) is 9.84. The van der Waals surface area contributed by atoms with Gasteiger partial charge in [-0.2, -0.15) is 0 Å². The van der Waals surface area contributed by atoms with E-state index in [-0.39, 0.29) is 42.7 Å². The molecule has 0 amide bonds. The Morgan fingerprint density at radius 2 is 2.04 bits per heavy atom. The lowest BCUT2D eigenvalue weighted by molar-refractivity contribution is -0.153. The van der Waals surface area contributed by atoms with Gasteiger partial charge < -0.3 is 24.1 Å². The first kappa shape index (κ1) is 22.1. The van der Waals surface area contributed by atoms with Crippen molar-refractivity contribution in [2.75, 3.05) is 19.8 Å². The van der Waals surface area contributed by atoms with Crippen LogP contribution in [0.15, 0.2) is 23.8 Å². The van der Waals surface area contributed by atoms with Crippen molar-refractivity contribution in [2.45, 2.75) is 71.6 Å². The van der Waals surface area contributed by atoms with Crippen LogP contribution in [0.5, 0.6) is 0 Å². The molecule has 6 nitrogen and oxygen atoms in total. The van der Waals surface area contributed by atoms with Crippen LogP contribution >= 0.6 is 0 Å². The summed E-state index contributed by atoms with van der Waals surface area (Å²) in [6, 6.07) is 0. The molecule has 27 heavy (non-hydrogen) atoms. The maximum Gasteiger partial charge on any atom is 0.330 e. The molecule has 0 spiro atoms. The number of ether oxygens (including phenoxy) is 4. The summed E-state index contributed by atoms with van der Waals surface area (Å²) < 4.78 is 23.4. The van der Waals surface area contributed by atoms with Gasteiger partial charge in [0.15, 0.2) is 5.79 Å². The summed E-state index contributed by atoms with van der Waals surface area (Å²) in [5.74, 6) is -0.636. The number of hydrogen-bond acceptors (Lipinski definition) is 6. The highest BCUT2D eigenvalue weighted by atomic mass is 16.8. The van der Waals surface area contributed by atoms with E-state index in [1.54, 1.807) is 6.92 Å². The minimum Gasteiger partial charge on any atom is -0.463 e. The highest BCUT2D eigenvalue weighted by molar-refractivity contribution is 5.82. The van der Waals surface area contributed by atoms with Gasteiger partial charge in [-0.05, 0) is 46.5 Å². The zero-order valence-corrected chi connectivity index (χ0v) is 17.1. The number of aliphatic hydroxyl groups excluding tert-OH is 1. The van der Waals surface area contributed by atoms with Gasteiger partial charge in [-0.1, -0.05) is 24.6 Å². The minimum atomic E-state index is -0.652. The van der Waals surface area contributed by atoms with Gasteiger partial charge in [0.25, 0.3) is 0 Å². The second-order valence-corrected chi connectivity index (χ2v) is 7.97. The van der Waals surface area contributed by atoms with Crippen LogP contribution in [-0.2, 0) is 23.7 Å². The number of hydrogen-bond donors (Lipinski definition) is 1. The molecule has 0 radical (unpaired) electrons. The average Bonchev–Trinajstić information content (AvgIpc) is 2.92. The normalized spacial score (nSPS) is 31.7. The van der Waals surface area contributed by atoms with Gasteiger partial charge in [0, 0.05) is 18.6 Å². The number of allylic oxidation sites excluding steroid dienone is 1. The predicted octanol–water partition coefficient (Wildman–Crippen LogP) is 3.00. The lowest BCUT2D eigenvalue weighted by Gasteiger charge is -2.37. The van der Waals surface area contributed by atoms with E-state index in [0.29, 0.717) is 19.6 Å². The van der Waals surface area contributed by atoms with Crippen LogP contribution in [0.1, 0.15) is 47.5 Å². The Morgan fingerprint density at radius 1 is 1.33 bits per heavy atom. The quantitative estimate of drug-likeness (QED) is 0.395. The molecule has 0 saturated carbocycles. The van der Waals surface area contributed by atoms with Crippen molar-refractivity contribution >= 4 is 5.97 Å². The van der Waals surface area contributed by atoms with Gasteiger partial charge >= 0.3 is 5.97 Å². The van der Waals surface area contributed by atoms with E-state index in [2.05, 4.69) is 6.08 Å². The Hall–Kier alpha value is -1.21. The van der Waals surface area contributed by atoms with E-state index in [1.807, 2.05) is 33.8 Å². The molecule has 5 atom stereocenters. The van der Waals surface area contributed by atoms with Crippen molar-refractivity contribution in [1.29, 1.82) is 0 Å². The fourth-order valence-electron chi connectivity index (χ4n) is 3.59. The maximum atomic E-state index is 11.7. The average molecular weight is 382 g/mol. The molecule has 0 aliphatic carbocycles. The van der Waals surface area contributed by atoms with Gasteiger partial charge in [0.1, 0.15) is 6.10 Å². The van der Waals surface area contributed by atoms with Crippen LogP contribution < -0.4 is 0 Å². The third-order valence-corrected chi connectivity index (χ3v) is 4.88. The third kappa shape index (κ3) is 6.42. The molecule has 2 saturated heterocycles. The third-order valence-electron chi connectivity index (χ3n) is 4.88. The van der Waals surface area contributed by atoms with E-state index in [9.17, 15) is 4.79 Å². The smallest absolute Gasteiger partial charge is 0.330 e. The Morgan fingerprint density at radius 3 is 2.70 bits per heavy atom. The fourth-order valence-corrected chi connectivity index (χ4v) is 3.59. The van der Waals surface area contributed by atoms with Gasteiger partial charge in [-0.15, -0.1) is 0 Å². The minimum absolute atomic E-state index is 0.0526. The lowest BCUT2D eigenvalue weighted by Crippen LogP contribution is -2.48. The SMILES string of the molecule is CCOC(=O)/C=C(\C)C[C@@H]1OC[C@H](C/C=C/[C@@H](C)CO)[C@H]2OC(C)(C)O[C@H]21. The zero-order chi connectivity index (χ0) is 20.0. The Labute approximate surface area is 162 Å². The standard InChI is InChI=1S/C21H34O6/c1-6-24-18(23)11-15(3)10-17-20-19(26-21(4,5)27-20)16(13-25-17)9-7-8-14(2)12-22/h7-8,11,14,16-17,19-20,22H,6,9-10,12-13H2,1-5H3/b8-7+,15-11+/t14-,16+,17+,19-,20+/m1/s1. The van der Waals surface area contributed by atoms with Crippen LogP contribution in [0.3, 0.4) is 0 Å². The second-order valence-electron chi connectivity index (χ2n) is 7.97. The van der Waals surface area contributed by atoms with Crippen LogP contribution in [-0.4, -0.2) is 55.0 Å². The van der Waals surface area contributed by atoms with Crippen LogP contribution in [0.2, 0.25) is 0 Å². The molecule has 6 heteroatoms. The fraction of sp³-hybridized carbons (Fsp3) is 0.762. The molecule has 2 heterocycles. The van der Waals surface area contributed by atoms with Gasteiger partial charge in [0.05, 0.1) is 25.4 Å². The van der Waals surface area contributed by atoms with Crippen molar-refractivity contribution < 1.29 is 28.8 Å². The molecule has 154 valence electrons. The summed E-state index contributed by atoms with van der Waals surface area (Å²) in [7, 11) is 0. The number of esters is 1. The maximum absolute atomic E-state index is 11.7. The topological polar surface area (TPSA) is 74.2 Å². The van der Waals surface area contributed by atoms with Gasteiger partial charge in [-0.25, -0.2) is 4.79 Å². The molecule has 0 bridgehead atoms. The zero-order valence-electron chi connectivity index (χ0n) is 17.1. The number of rotatable bonds is 8. The molecule has 2 fully saturated rings. The predicted molar refractivity (Wildman–Crippen MR) is 102 cm³/mol. The molecule has 2 rings (SSSR count). The van der Waals surface area contributed by atoms with Crippen molar-refractivity contribution in [2.24, 2.45) is 11.8 Å². The van der Waals surface area contributed by atoms with Crippen molar-refractivity contribution in [3.63, 3.8) is 0 Å². The molecule has 2 aliphatic heterocycles.